The summed E-state index contributed by atoms with van der Waals surface area (Å²) in [7, 11) is 3.26. The molecule has 2 aromatic carbocycles. The maximum absolute atomic E-state index is 13.1. The maximum Gasteiger partial charge on any atom is 0.339 e. The van der Waals surface area contributed by atoms with Gasteiger partial charge in [-0.25, -0.2) is 9.18 Å². The van der Waals surface area contributed by atoms with Crippen LogP contribution in [0.15, 0.2) is 36.4 Å². The summed E-state index contributed by atoms with van der Waals surface area (Å²) in [6, 6.07) is 7.28. The Labute approximate surface area is 165 Å². The van der Waals surface area contributed by atoms with Gasteiger partial charge in [-0.15, -0.1) is 0 Å². The van der Waals surface area contributed by atoms with Crippen LogP contribution in [0.5, 0.6) is 0 Å². The molecule has 0 saturated heterocycles. The van der Waals surface area contributed by atoms with Crippen molar-refractivity contribution in [1.82, 2.24) is 0 Å². The van der Waals surface area contributed by atoms with Gasteiger partial charge in [0.15, 0.2) is 6.10 Å². The summed E-state index contributed by atoms with van der Waals surface area (Å²) in [4.78, 5) is 36.6. The molecule has 0 bridgehead atoms. The SMILES string of the molecule is C[C@@H](OC(=O)c1ccc(N(C)C)c([N+](=O)[O-])c1)C(=O)Nc1ccc(F)cc1Cl. The molecule has 8 nitrogen and oxygen atoms in total. The number of nitro groups is 1. The largest absolute Gasteiger partial charge is 0.449 e. The molecular weight excluding hydrogens is 393 g/mol. The molecule has 0 aliphatic rings. The van der Waals surface area contributed by atoms with E-state index in [0.29, 0.717) is 5.69 Å². The van der Waals surface area contributed by atoms with Crippen molar-refractivity contribution in [2.45, 2.75) is 13.0 Å². The minimum Gasteiger partial charge on any atom is -0.449 e. The minimum atomic E-state index is -1.22. The number of nitrogens with zero attached hydrogens (tertiary/aromatic N) is 2. The number of hydrogen-bond donors (Lipinski definition) is 1. The number of nitro benzene ring substituents is 1. The molecule has 1 atom stereocenters. The van der Waals surface area contributed by atoms with Crippen molar-refractivity contribution < 1.29 is 23.6 Å². The Morgan fingerprint density at radius 3 is 2.50 bits per heavy atom. The number of esters is 1. The van der Waals surface area contributed by atoms with Gasteiger partial charge in [0.05, 0.1) is 21.2 Å². The third-order valence-corrected chi connectivity index (χ3v) is 4.04. The number of benzene rings is 2. The van der Waals surface area contributed by atoms with Crippen LogP contribution in [0.1, 0.15) is 17.3 Å². The molecule has 0 fully saturated rings. The Morgan fingerprint density at radius 2 is 1.93 bits per heavy atom. The van der Waals surface area contributed by atoms with Crippen molar-refractivity contribution >= 4 is 40.5 Å². The first-order valence-corrected chi connectivity index (χ1v) is 8.40. The highest BCUT2D eigenvalue weighted by atomic mass is 35.5. The normalized spacial score (nSPS) is 11.5. The lowest BCUT2D eigenvalue weighted by atomic mass is 10.1. The molecule has 0 saturated carbocycles. The lowest BCUT2D eigenvalue weighted by molar-refractivity contribution is -0.384. The highest BCUT2D eigenvalue weighted by molar-refractivity contribution is 6.33. The number of carbonyl (C=O) groups is 2. The molecule has 0 aliphatic heterocycles. The molecule has 0 aliphatic carbocycles. The summed E-state index contributed by atoms with van der Waals surface area (Å²) in [5.41, 5.74) is 0.131. The molecule has 2 rings (SSSR count). The van der Waals surface area contributed by atoms with E-state index in [9.17, 15) is 24.1 Å². The Kier molecular flexibility index (Phi) is 6.53. The van der Waals surface area contributed by atoms with E-state index in [0.717, 1.165) is 18.2 Å². The first kappa shape index (κ1) is 21.1. The van der Waals surface area contributed by atoms with Gasteiger partial charge in [0.25, 0.3) is 11.6 Å². The standard InChI is InChI=1S/C18H17ClFN3O5/c1-10(17(24)21-14-6-5-12(20)9-13(14)19)28-18(25)11-4-7-15(22(2)3)16(8-11)23(26)27/h4-10H,1-3H3,(H,21,24)/t10-/m1/s1. The van der Waals surface area contributed by atoms with E-state index in [-0.39, 0.29) is 22.0 Å². The molecule has 0 radical (unpaired) electrons. The Balaban J connectivity index is 2.12. The molecule has 0 spiro atoms. The van der Waals surface area contributed by atoms with Crippen LogP contribution in [-0.4, -0.2) is 37.0 Å². The number of halogens is 2. The van der Waals surface area contributed by atoms with Crippen molar-refractivity contribution in [1.29, 1.82) is 0 Å². The average Bonchev–Trinajstić information content (AvgIpc) is 2.63. The Hall–Kier alpha value is -3.20. The van der Waals surface area contributed by atoms with Gasteiger partial charge < -0.3 is 15.0 Å². The number of rotatable bonds is 6. The lowest BCUT2D eigenvalue weighted by Crippen LogP contribution is -2.30. The van der Waals surface area contributed by atoms with Crippen LogP contribution in [0.2, 0.25) is 5.02 Å². The van der Waals surface area contributed by atoms with Crippen LogP contribution >= 0.6 is 11.6 Å². The molecule has 0 heterocycles. The van der Waals surface area contributed by atoms with E-state index in [1.165, 1.54) is 30.0 Å². The number of carbonyl (C=O) groups excluding carboxylic acids is 2. The van der Waals surface area contributed by atoms with E-state index in [2.05, 4.69) is 5.32 Å². The number of hydrogen-bond acceptors (Lipinski definition) is 6. The second-order valence-electron chi connectivity index (χ2n) is 6.02. The highest BCUT2D eigenvalue weighted by Crippen LogP contribution is 2.28. The highest BCUT2D eigenvalue weighted by Gasteiger charge is 2.23. The zero-order valence-corrected chi connectivity index (χ0v) is 16.0. The fourth-order valence-electron chi connectivity index (χ4n) is 2.28. The Bertz CT molecular complexity index is 935. The van der Waals surface area contributed by atoms with Crippen LogP contribution in [0.4, 0.5) is 21.5 Å². The first-order valence-electron chi connectivity index (χ1n) is 8.02. The van der Waals surface area contributed by atoms with Crippen molar-refractivity contribution in [2.24, 2.45) is 0 Å². The molecule has 0 unspecified atom stereocenters. The van der Waals surface area contributed by atoms with Crippen LogP contribution in [0, 0.1) is 15.9 Å². The van der Waals surface area contributed by atoms with Gasteiger partial charge in [-0.2, -0.15) is 0 Å². The molecular formula is C18H17ClFN3O5. The molecule has 0 aromatic heterocycles. The number of nitrogens with one attached hydrogen (secondary N) is 1. The predicted octanol–water partition coefficient (Wildman–Crippen LogP) is 3.64. The summed E-state index contributed by atoms with van der Waals surface area (Å²) >= 11 is 5.84. The smallest absolute Gasteiger partial charge is 0.339 e. The van der Waals surface area contributed by atoms with E-state index >= 15 is 0 Å². The second-order valence-corrected chi connectivity index (χ2v) is 6.42. The molecule has 1 N–H and O–H groups in total. The summed E-state index contributed by atoms with van der Waals surface area (Å²) in [5, 5.41) is 13.6. The zero-order chi connectivity index (χ0) is 21.0. The summed E-state index contributed by atoms with van der Waals surface area (Å²) < 4.78 is 18.1. The van der Waals surface area contributed by atoms with Gasteiger partial charge in [-0.1, -0.05) is 11.6 Å². The van der Waals surface area contributed by atoms with E-state index in [1.54, 1.807) is 14.1 Å². The van der Waals surface area contributed by atoms with Crippen molar-refractivity contribution in [3.63, 3.8) is 0 Å². The molecule has 1 amide bonds. The molecule has 148 valence electrons. The quantitative estimate of drug-likeness (QED) is 0.444. The van der Waals surface area contributed by atoms with Crippen molar-refractivity contribution in [3.8, 4) is 0 Å². The topological polar surface area (TPSA) is 102 Å². The summed E-state index contributed by atoms with van der Waals surface area (Å²) in [6.45, 7) is 1.33. The Morgan fingerprint density at radius 1 is 1.25 bits per heavy atom. The average molecular weight is 410 g/mol. The van der Waals surface area contributed by atoms with E-state index in [1.807, 2.05) is 0 Å². The van der Waals surface area contributed by atoms with Crippen LogP contribution < -0.4 is 10.2 Å². The van der Waals surface area contributed by atoms with Crippen LogP contribution in [0.3, 0.4) is 0 Å². The molecule has 28 heavy (non-hydrogen) atoms. The van der Waals surface area contributed by atoms with Gasteiger partial charge in [0.1, 0.15) is 11.5 Å². The van der Waals surface area contributed by atoms with Gasteiger partial charge in [-0.05, 0) is 37.3 Å². The zero-order valence-electron chi connectivity index (χ0n) is 15.2. The summed E-state index contributed by atoms with van der Waals surface area (Å²) in [6.07, 6.45) is -1.22. The number of ether oxygens (including phenoxy) is 1. The lowest BCUT2D eigenvalue weighted by Gasteiger charge is -2.15. The predicted molar refractivity (Wildman–Crippen MR) is 102 cm³/mol. The fraction of sp³-hybridized carbons (Fsp3) is 0.222. The van der Waals surface area contributed by atoms with Gasteiger partial charge in [-0.3, -0.25) is 14.9 Å². The van der Waals surface area contributed by atoms with Crippen molar-refractivity contribution in [2.75, 3.05) is 24.3 Å². The molecule has 10 heteroatoms. The third-order valence-electron chi connectivity index (χ3n) is 3.73. The third kappa shape index (κ3) is 4.95. The molecule has 2 aromatic rings. The van der Waals surface area contributed by atoms with E-state index < -0.39 is 28.7 Å². The summed E-state index contributed by atoms with van der Waals surface area (Å²) in [5.74, 6) is -2.16. The minimum absolute atomic E-state index is 0.0122. The number of amides is 1. The van der Waals surface area contributed by atoms with Gasteiger partial charge >= 0.3 is 5.97 Å². The van der Waals surface area contributed by atoms with E-state index in [4.69, 9.17) is 16.3 Å². The van der Waals surface area contributed by atoms with Gasteiger partial charge in [0.2, 0.25) is 0 Å². The second kappa shape index (κ2) is 8.66. The van der Waals surface area contributed by atoms with Crippen molar-refractivity contribution in [3.05, 3.63) is 62.9 Å². The fourth-order valence-corrected chi connectivity index (χ4v) is 2.50. The van der Waals surface area contributed by atoms with Crippen LogP contribution in [-0.2, 0) is 9.53 Å². The maximum atomic E-state index is 13.1. The number of anilines is 2. The first-order chi connectivity index (χ1) is 13.1. The monoisotopic (exact) mass is 409 g/mol. The van der Waals surface area contributed by atoms with Crippen LogP contribution in [0.25, 0.3) is 0 Å². The van der Waals surface area contributed by atoms with Gasteiger partial charge in [0, 0.05) is 20.2 Å².